The van der Waals surface area contributed by atoms with E-state index in [1.807, 2.05) is 0 Å². The molecule has 1 rings (SSSR count). The molecule has 0 bridgehead atoms. The second-order valence-corrected chi connectivity index (χ2v) is 1.02. The predicted molar refractivity (Wildman–Crippen MR) is 33.4 cm³/mol. The van der Waals surface area contributed by atoms with Crippen molar-refractivity contribution in [3.05, 3.63) is 24.8 Å². The van der Waals surface area contributed by atoms with Crippen LogP contribution in [0.25, 0.3) is 0 Å². The Morgan fingerprint density at radius 2 is 1.33 bits per heavy atom. The van der Waals surface area contributed by atoms with Crippen LogP contribution < -0.4 is 0 Å². The maximum Gasteiger partial charge on any atom is 0.229 e. The van der Waals surface area contributed by atoms with Crippen LogP contribution in [0.4, 0.5) is 0 Å². The van der Waals surface area contributed by atoms with Gasteiger partial charge in [-0.05, 0) is 5.97 Å². The van der Waals surface area contributed by atoms with Gasteiger partial charge >= 0.3 is 0 Å². The summed E-state index contributed by atoms with van der Waals surface area (Å²) in [5.41, 5.74) is 0. The molecule has 0 aliphatic heterocycles. The molecular formula is C5H4BN3. The Balaban J connectivity index is 0.000000187. The number of hydrogen-bond acceptors (Lipinski definition) is 3. The van der Waals surface area contributed by atoms with Gasteiger partial charge in [0.25, 0.3) is 0 Å². The lowest BCUT2D eigenvalue weighted by Crippen LogP contribution is -1.66. The molecule has 0 spiro atoms. The molecule has 9 heavy (non-hydrogen) atoms. The largest absolute Gasteiger partial charge is 0.262 e. The quantitative estimate of drug-likeness (QED) is 0.453. The molecule has 4 heteroatoms. The third-order valence-corrected chi connectivity index (χ3v) is 0.478. The van der Waals surface area contributed by atoms with Crippen molar-refractivity contribution in [3.8, 4) is 5.97 Å². The zero-order valence-corrected chi connectivity index (χ0v) is 4.73. The molecule has 0 N–H and O–H groups in total. The summed E-state index contributed by atoms with van der Waals surface area (Å²) >= 11 is 0. The highest BCUT2D eigenvalue weighted by atomic mass is 14.7. The first-order valence-electron chi connectivity index (χ1n) is 2.21. The van der Waals surface area contributed by atoms with Crippen molar-refractivity contribution in [2.24, 2.45) is 0 Å². The van der Waals surface area contributed by atoms with E-state index >= 15 is 0 Å². The summed E-state index contributed by atoms with van der Waals surface area (Å²) in [6.45, 7) is 0. The minimum absolute atomic E-state index is 1.25. The van der Waals surface area contributed by atoms with Gasteiger partial charge in [-0.15, -0.1) is 0 Å². The zero-order valence-electron chi connectivity index (χ0n) is 4.73. The van der Waals surface area contributed by atoms with Crippen molar-refractivity contribution in [2.75, 3.05) is 0 Å². The van der Waals surface area contributed by atoms with Gasteiger partial charge in [0, 0.05) is 24.8 Å². The van der Waals surface area contributed by atoms with Crippen LogP contribution in [-0.4, -0.2) is 17.8 Å². The molecule has 0 aromatic carbocycles. The number of nitriles is 1. The van der Waals surface area contributed by atoms with Crippen molar-refractivity contribution in [3.63, 3.8) is 0 Å². The Morgan fingerprint density at radius 3 is 1.44 bits per heavy atom. The Morgan fingerprint density at radius 1 is 1.11 bits per heavy atom. The molecule has 0 fully saturated rings. The molecule has 1 aromatic heterocycles. The van der Waals surface area contributed by atoms with Gasteiger partial charge in [-0.3, -0.25) is 9.97 Å². The van der Waals surface area contributed by atoms with Gasteiger partial charge in [-0.1, -0.05) is 0 Å². The van der Waals surface area contributed by atoms with Crippen molar-refractivity contribution in [1.29, 1.82) is 5.26 Å². The molecule has 0 atom stereocenters. The minimum Gasteiger partial charge on any atom is -0.262 e. The van der Waals surface area contributed by atoms with Gasteiger partial charge in [0.15, 0.2) is 0 Å². The summed E-state index contributed by atoms with van der Waals surface area (Å²) in [5, 5.41) is 7.10. The van der Waals surface area contributed by atoms with Gasteiger partial charge in [-0.2, -0.15) is 0 Å². The molecule has 42 valence electrons. The van der Waals surface area contributed by atoms with Crippen LogP contribution in [0.3, 0.4) is 0 Å². The number of aromatic nitrogens is 2. The summed E-state index contributed by atoms with van der Waals surface area (Å²) in [7, 11) is 4.15. The Kier molecular flexibility index (Phi) is 5.63. The van der Waals surface area contributed by atoms with Crippen LogP contribution in [-0.2, 0) is 0 Å². The predicted octanol–water partition coefficient (Wildman–Crippen LogP) is 0.113. The average molecular weight is 117 g/mol. The molecule has 1 heterocycles. The summed E-state index contributed by atoms with van der Waals surface area (Å²) < 4.78 is 0. The van der Waals surface area contributed by atoms with Gasteiger partial charge in [-0.25, -0.2) is 5.26 Å². The van der Waals surface area contributed by atoms with Crippen LogP contribution >= 0.6 is 0 Å². The van der Waals surface area contributed by atoms with Gasteiger partial charge in [0.2, 0.25) is 7.85 Å². The molecule has 0 saturated heterocycles. The molecule has 0 aliphatic carbocycles. The fourth-order valence-corrected chi connectivity index (χ4v) is 0.253. The lowest BCUT2D eigenvalue weighted by molar-refractivity contribution is 1.20. The van der Waals surface area contributed by atoms with Gasteiger partial charge < -0.3 is 0 Å². The van der Waals surface area contributed by atoms with E-state index in [2.05, 4.69) is 17.8 Å². The van der Waals surface area contributed by atoms with Crippen molar-refractivity contribution >= 4 is 7.85 Å². The number of hydrogen-bond donors (Lipinski definition) is 0. The lowest BCUT2D eigenvalue weighted by atomic mass is 10.2. The molecule has 0 saturated carbocycles. The molecular weight excluding hydrogens is 113 g/mol. The number of rotatable bonds is 0. The zero-order chi connectivity index (χ0) is 6.95. The third-order valence-electron chi connectivity index (χ3n) is 0.478. The first-order valence-corrected chi connectivity index (χ1v) is 2.21. The summed E-state index contributed by atoms with van der Waals surface area (Å²) in [6, 6.07) is 0. The normalized spacial score (nSPS) is 6.11. The van der Waals surface area contributed by atoms with Crippen molar-refractivity contribution in [2.45, 2.75) is 0 Å². The smallest absolute Gasteiger partial charge is 0.229 e. The van der Waals surface area contributed by atoms with Crippen LogP contribution in [0.5, 0.6) is 0 Å². The monoisotopic (exact) mass is 117 g/mol. The molecule has 2 radical (unpaired) electrons. The van der Waals surface area contributed by atoms with Crippen molar-refractivity contribution < 1.29 is 0 Å². The standard InChI is InChI=1S/C4H4N2.CBN/c1-2-6-4-3-5-1;2-1-3/h1-4H;. The van der Waals surface area contributed by atoms with E-state index in [0.29, 0.717) is 0 Å². The first kappa shape index (κ1) is 7.63. The van der Waals surface area contributed by atoms with Crippen LogP contribution in [0.2, 0.25) is 0 Å². The Hall–Kier alpha value is -1.37. The second kappa shape index (κ2) is 6.63. The summed E-state index contributed by atoms with van der Waals surface area (Å²) in [5.74, 6) is 1.25. The van der Waals surface area contributed by atoms with E-state index in [4.69, 9.17) is 5.26 Å². The van der Waals surface area contributed by atoms with Gasteiger partial charge in [0.1, 0.15) is 0 Å². The Bertz CT molecular complexity index is 143. The topological polar surface area (TPSA) is 49.6 Å². The molecule has 3 nitrogen and oxygen atoms in total. The summed E-state index contributed by atoms with van der Waals surface area (Å²) in [6.07, 6.45) is 6.56. The molecule has 0 aliphatic rings. The second-order valence-electron chi connectivity index (χ2n) is 1.02. The maximum absolute atomic E-state index is 7.10. The highest BCUT2D eigenvalue weighted by Crippen LogP contribution is 1.65. The molecule has 1 aromatic rings. The van der Waals surface area contributed by atoms with Crippen LogP contribution in [0, 0.1) is 11.2 Å². The van der Waals surface area contributed by atoms with Gasteiger partial charge in [0.05, 0.1) is 0 Å². The Labute approximate surface area is 54.8 Å². The first-order chi connectivity index (χ1) is 4.41. The van der Waals surface area contributed by atoms with E-state index in [-0.39, 0.29) is 0 Å². The van der Waals surface area contributed by atoms with E-state index in [0.717, 1.165) is 0 Å². The third kappa shape index (κ3) is 6.63. The molecule has 0 unspecified atom stereocenters. The van der Waals surface area contributed by atoms with Crippen LogP contribution in [0.1, 0.15) is 0 Å². The fraction of sp³-hybridized carbons (Fsp3) is 0. The SMILES string of the molecule is [B]C#N.c1cnccn1. The van der Waals surface area contributed by atoms with E-state index in [1.54, 1.807) is 24.8 Å². The lowest BCUT2D eigenvalue weighted by Gasteiger charge is -1.70. The average Bonchev–Trinajstić information content (AvgIpc) is 1.93. The highest BCUT2D eigenvalue weighted by Gasteiger charge is 1.59. The van der Waals surface area contributed by atoms with Crippen molar-refractivity contribution in [1.82, 2.24) is 9.97 Å². The van der Waals surface area contributed by atoms with E-state index in [1.165, 1.54) is 5.97 Å². The highest BCUT2D eigenvalue weighted by molar-refractivity contribution is 6.20. The fourth-order valence-electron chi connectivity index (χ4n) is 0.253. The number of nitrogens with zero attached hydrogens (tertiary/aromatic N) is 3. The summed E-state index contributed by atoms with van der Waals surface area (Å²) in [4.78, 5) is 7.44. The van der Waals surface area contributed by atoms with E-state index in [9.17, 15) is 0 Å². The van der Waals surface area contributed by atoms with Crippen LogP contribution in [0.15, 0.2) is 24.8 Å². The molecule has 0 amide bonds. The maximum atomic E-state index is 7.10. The minimum atomic E-state index is 1.25. The van der Waals surface area contributed by atoms with E-state index < -0.39 is 0 Å².